The second-order valence-corrected chi connectivity index (χ2v) is 4.99. The van der Waals surface area contributed by atoms with Crippen molar-refractivity contribution in [2.24, 2.45) is 0 Å². The summed E-state index contributed by atoms with van der Waals surface area (Å²) < 4.78 is 2.34. The molecule has 2 heterocycles. The van der Waals surface area contributed by atoms with E-state index in [4.69, 9.17) is 0 Å². The number of fused-ring (bicyclic) bond motifs is 6. The third kappa shape index (κ3) is 0.980. The Hall–Kier alpha value is -2.54. The van der Waals surface area contributed by atoms with Gasteiger partial charge in [-0.3, -0.25) is 0 Å². The van der Waals surface area contributed by atoms with Crippen LogP contribution in [0.4, 0.5) is 0 Å². The molecule has 0 unspecified atom stereocenters. The van der Waals surface area contributed by atoms with E-state index in [1.54, 1.807) is 0 Å². The van der Waals surface area contributed by atoms with Crippen LogP contribution in [0, 0.1) is 6.07 Å². The molecule has 0 fully saturated rings. The number of para-hydroxylation sites is 3. The standard InChI is InChI=1S/C18H10N/c1-3-10-16-12(6-1)14-8-5-9-15-13-7-2-4-11-17(13)19(16)18(14)15/h1-10H. The van der Waals surface area contributed by atoms with Gasteiger partial charge in [0.25, 0.3) is 0 Å². The fourth-order valence-corrected chi connectivity index (χ4v) is 3.30. The van der Waals surface area contributed by atoms with Gasteiger partial charge in [-0.2, -0.15) is 0 Å². The summed E-state index contributed by atoms with van der Waals surface area (Å²) in [4.78, 5) is 0. The van der Waals surface area contributed by atoms with E-state index in [1.807, 2.05) is 6.07 Å². The second-order valence-electron chi connectivity index (χ2n) is 4.99. The molecule has 0 aliphatic heterocycles. The van der Waals surface area contributed by atoms with E-state index in [9.17, 15) is 0 Å². The molecule has 3 aromatic carbocycles. The van der Waals surface area contributed by atoms with Crippen LogP contribution in [0.25, 0.3) is 38.1 Å². The minimum absolute atomic E-state index is 1.18. The van der Waals surface area contributed by atoms with Crippen LogP contribution in [-0.2, 0) is 0 Å². The molecule has 0 atom stereocenters. The molecule has 0 spiro atoms. The van der Waals surface area contributed by atoms with Crippen LogP contribution in [0.1, 0.15) is 0 Å². The van der Waals surface area contributed by atoms with Crippen LogP contribution in [0.3, 0.4) is 0 Å². The molecule has 2 aromatic heterocycles. The molecule has 0 bridgehead atoms. The van der Waals surface area contributed by atoms with E-state index >= 15 is 0 Å². The van der Waals surface area contributed by atoms with Crippen LogP contribution >= 0.6 is 0 Å². The average Bonchev–Trinajstić information content (AvgIpc) is 2.99. The van der Waals surface area contributed by atoms with Crippen molar-refractivity contribution in [2.75, 3.05) is 0 Å². The van der Waals surface area contributed by atoms with Crippen LogP contribution in [-0.4, -0.2) is 4.40 Å². The summed E-state index contributed by atoms with van der Waals surface area (Å²) in [6.45, 7) is 0. The van der Waals surface area contributed by atoms with Crippen molar-refractivity contribution in [2.45, 2.75) is 0 Å². The number of hydrogen-bond donors (Lipinski definition) is 0. The number of nitrogens with zero attached hydrogens (tertiary/aromatic N) is 1. The monoisotopic (exact) mass is 240 g/mol. The maximum Gasteiger partial charge on any atom is 0.0620 e. The second kappa shape index (κ2) is 3.07. The Labute approximate surface area is 110 Å². The van der Waals surface area contributed by atoms with Crippen LogP contribution in [0.5, 0.6) is 0 Å². The highest BCUT2D eigenvalue weighted by atomic mass is 14.9. The van der Waals surface area contributed by atoms with Crippen molar-refractivity contribution in [1.82, 2.24) is 4.40 Å². The summed E-state index contributed by atoms with van der Waals surface area (Å²) in [5, 5.41) is 5.26. The largest absolute Gasteiger partial charge is 0.307 e. The van der Waals surface area contributed by atoms with Crippen molar-refractivity contribution in [3.63, 3.8) is 0 Å². The third-order valence-electron chi connectivity index (χ3n) is 4.04. The fourth-order valence-electron chi connectivity index (χ4n) is 3.30. The summed E-state index contributed by atoms with van der Waals surface area (Å²) in [6.07, 6.45) is 0. The van der Waals surface area contributed by atoms with Crippen molar-refractivity contribution >= 4 is 38.1 Å². The number of rotatable bonds is 0. The summed E-state index contributed by atoms with van der Waals surface area (Å²) in [5.41, 5.74) is 3.77. The summed E-state index contributed by atoms with van der Waals surface area (Å²) >= 11 is 0. The molecule has 5 rings (SSSR count). The lowest BCUT2D eigenvalue weighted by Gasteiger charge is -1.95. The quantitative estimate of drug-likeness (QED) is 0.371. The first-order chi connectivity index (χ1) is 9.45. The first kappa shape index (κ1) is 9.40. The normalized spacial score (nSPS) is 12.2. The molecule has 1 heteroatoms. The number of benzene rings is 3. The van der Waals surface area contributed by atoms with Crippen molar-refractivity contribution in [3.05, 3.63) is 66.7 Å². The maximum atomic E-state index is 3.40. The summed E-state index contributed by atoms with van der Waals surface area (Å²) in [6, 6.07) is 24.8. The Kier molecular flexibility index (Phi) is 1.52. The molecule has 0 saturated heterocycles. The third-order valence-corrected chi connectivity index (χ3v) is 4.04. The van der Waals surface area contributed by atoms with Crippen LogP contribution in [0.15, 0.2) is 60.7 Å². The zero-order valence-corrected chi connectivity index (χ0v) is 10.2. The molecule has 1 radical (unpaired) electrons. The average molecular weight is 240 g/mol. The van der Waals surface area contributed by atoms with Gasteiger partial charge in [0.15, 0.2) is 0 Å². The molecule has 5 aromatic rings. The molecule has 0 aliphatic rings. The van der Waals surface area contributed by atoms with Gasteiger partial charge in [0, 0.05) is 27.6 Å². The van der Waals surface area contributed by atoms with Crippen LogP contribution < -0.4 is 0 Å². The van der Waals surface area contributed by atoms with Gasteiger partial charge in [-0.05, 0) is 6.07 Å². The molecule has 19 heavy (non-hydrogen) atoms. The Balaban J connectivity index is 2.32. The van der Waals surface area contributed by atoms with Gasteiger partial charge >= 0.3 is 0 Å². The number of hydrogen-bond acceptors (Lipinski definition) is 0. The lowest BCUT2D eigenvalue weighted by atomic mass is 10.1. The lowest BCUT2D eigenvalue weighted by molar-refractivity contribution is 1.37. The predicted molar refractivity (Wildman–Crippen MR) is 79.9 cm³/mol. The maximum absolute atomic E-state index is 3.40. The summed E-state index contributed by atoms with van der Waals surface area (Å²) in [7, 11) is 0. The van der Waals surface area contributed by atoms with Crippen molar-refractivity contribution < 1.29 is 0 Å². The van der Waals surface area contributed by atoms with E-state index in [2.05, 4.69) is 65.1 Å². The Bertz CT molecular complexity index is 972. The number of aromatic nitrogens is 1. The van der Waals surface area contributed by atoms with Gasteiger partial charge in [0.05, 0.1) is 16.6 Å². The van der Waals surface area contributed by atoms with Gasteiger partial charge in [-0.15, -0.1) is 0 Å². The van der Waals surface area contributed by atoms with Crippen LogP contribution in [0.2, 0.25) is 0 Å². The highest BCUT2D eigenvalue weighted by Crippen LogP contribution is 2.38. The molecular weight excluding hydrogens is 230 g/mol. The SMILES string of the molecule is [c]1cccc2c3cccc4c5ccccc5n(c12)c34. The smallest absolute Gasteiger partial charge is 0.0620 e. The highest BCUT2D eigenvalue weighted by Gasteiger charge is 2.15. The van der Waals surface area contributed by atoms with Gasteiger partial charge in [0.2, 0.25) is 0 Å². The van der Waals surface area contributed by atoms with Gasteiger partial charge in [0.1, 0.15) is 0 Å². The topological polar surface area (TPSA) is 4.41 Å². The predicted octanol–water partition coefficient (Wildman–Crippen LogP) is 4.64. The zero-order chi connectivity index (χ0) is 12.4. The van der Waals surface area contributed by atoms with E-state index in [1.165, 1.54) is 38.1 Å². The molecule has 0 aliphatic carbocycles. The Morgan fingerprint density at radius 2 is 1.42 bits per heavy atom. The highest BCUT2D eigenvalue weighted by molar-refractivity contribution is 6.22. The Morgan fingerprint density at radius 1 is 0.684 bits per heavy atom. The minimum atomic E-state index is 1.18. The van der Waals surface area contributed by atoms with E-state index in [0.29, 0.717) is 0 Å². The molecule has 1 nitrogen and oxygen atoms in total. The van der Waals surface area contributed by atoms with E-state index in [0.717, 1.165) is 0 Å². The molecular formula is C18H10N. The zero-order valence-electron chi connectivity index (χ0n) is 10.2. The Morgan fingerprint density at radius 3 is 2.37 bits per heavy atom. The fraction of sp³-hybridized carbons (Fsp3) is 0. The van der Waals surface area contributed by atoms with Gasteiger partial charge < -0.3 is 4.40 Å². The molecule has 0 N–H and O–H groups in total. The van der Waals surface area contributed by atoms with Gasteiger partial charge in [-0.1, -0.05) is 54.6 Å². The first-order valence-corrected chi connectivity index (χ1v) is 6.49. The summed E-state index contributed by atoms with van der Waals surface area (Å²) in [5.74, 6) is 0. The first-order valence-electron chi connectivity index (χ1n) is 6.49. The van der Waals surface area contributed by atoms with E-state index < -0.39 is 0 Å². The molecule has 87 valence electrons. The molecule has 0 amide bonds. The lowest BCUT2D eigenvalue weighted by Crippen LogP contribution is -1.79. The minimum Gasteiger partial charge on any atom is -0.307 e. The van der Waals surface area contributed by atoms with Gasteiger partial charge in [-0.25, -0.2) is 0 Å². The van der Waals surface area contributed by atoms with Crippen molar-refractivity contribution in [1.29, 1.82) is 0 Å². The van der Waals surface area contributed by atoms with E-state index in [-0.39, 0.29) is 0 Å². The molecule has 0 saturated carbocycles. The van der Waals surface area contributed by atoms with Crippen molar-refractivity contribution in [3.8, 4) is 0 Å².